The Kier molecular flexibility index (Phi) is 6.29. The minimum Gasteiger partial charge on any atom is -0.325 e. The number of nitrogens with zero attached hydrogens (tertiary/aromatic N) is 1. The van der Waals surface area contributed by atoms with Gasteiger partial charge in [-0.25, -0.2) is 9.37 Å². The molecule has 156 valence electrons. The number of benzene rings is 3. The number of amides is 2. The molecule has 4 rings (SSSR count). The zero-order valence-corrected chi connectivity index (χ0v) is 18.1. The Morgan fingerprint density at radius 2 is 1.81 bits per heavy atom. The van der Waals surface area contributed by atoms with Crippen molar-refractivity contribution in [1.29, 1.82) is 0 Å². The molecule has 0 aliphatic heterocycles. The number of aromatic nitrogens is 1. The van der Waals surface area contributed by atoms with Crippen molar-refractivity contribution in [2.45, 2.75) is 11.3 Å². The number of rotatable bonds is 6. The van der Waals surface area contributed by atoms with Gasteiger partial charge in [0.15, 0.2) is 4.34 Å². The standard InChI is InChI=1S/C23H18FN3O2S2/c1-14-5-4-6-15(11-14)25-21(28)13-30-23-27-19-10-9-16(12-20(19)31-23)26-22(29)17-7-2-3-8-18(17)24/h2-12H,13H2,1H3,(H,25,28)(H,26,29). The number of hydrogen-bond donors (Lipinski definition) is 2. The third kappa shape index (κ3) is 5.28. The van der Waals surface area contributed by atoms with E-state index in [1.165, 1.54) is 41.3 Å². The lowest BCUT2D eigenvalue weighted by Gasteiger charge is -2.05. The number of halogens is 1. The maximum atomic E-state index is 13.8. The van der Waals surface area contributed by atoms with E-state index in [1.807, 2.05) is 31.2 Å². The molecule has 0 spiro atoms. The molecule has 8 heteroatoms. The van der Waals surface area contributed by atoms with Crippen LogP contribution in [0.4, 0.5) is 15.8 Å². The van der Waals surface area contributed by atoms with Gasteiger partial charge in [-0.05, 0) is 55.0 Å². The van der Waals surface area contributed by atoms with E-state index in [0.717, 1.165) is 25.8 Å². The summed E-state index contributed by atoms with van der Waals surface area (Å²) >= 11 is 2.79. The molecule has 0 unspecified atom stereocenters. The van der Waals surface area contributed by atoms with Gasteiger partial charge in [-0.1, -0.05) is 36.0 Å². The summed E-state index contributed by atoms with van der Waals surface area (Å²) in [5.74, 6) is -0.941. The van der Waals surface area contributed by atoms with Gasteiger partial charge in [0.1, 0.15) is 5.82 Å². The normalized spacial score (nSPS) is 10.8. The first-order valence-electron chi connectivity index (χ1n) is 9.44. The highest BCUT2D eigenvalue weighted by atomic mass is 32.2. The van der Waals surface area contributed by atoms with Gasteiger partial charge >= 0.3 is 0 Å². The van der Waals surface area contributed by atoms with E-state index >= 15 is 0 Å². The molecule has 0 radical (unpaired) electrons. The summed E-state index contributed by atoms with van der Waals surface area (Å²) in [6.45, 7) is 1.97. The fourth-order valence-electron chi connectivity index (χ4n) is 2.93. The molecule has 3 aromatic carbocycles. The molecule has 5 nitrogen and oxygen atoms in total. The molecule has 4 aromatic rings. The second-order valence-corrected chi connectivity index (χ2v) is 9.06. The fourth-order valence-corrected chi connectivity index (χ4v) is 4.84. The summed E-state index contributed by atoms with van der Waals surface area (Å²) in [5, 5.41) is 5.59. The van der Waals surface area contributed by atoms with Crippen LogP contribution in [0, 0.1) is 12.7 Å². The molecule has 0 aliphatic rings. The Hall–Kier alpha value is -3.23. The molecule has 31 heavy (non-hydrogen) atoms. The lowest BCUT2D eigenvalue weighted by molar-refractivity contribution is -0.113. The maximum Gasteiger partial charge on any atom is 0.258 e. The highest BCUT2D eigenvalue weighted by Crippen LogP contribution is 2.31. The number of hydrogen-bond acceptors (Lipinski definition) is 5. The van der Waals surface area contributed by atoms with Crippen molar-refractivity contribution < 1.29 is 14.0 Å². The molecular weight excluding hydrogens is 433 g/mol. The quantitative estimate of drug-likeness (QED) is 0.368. The third-order valence-electron chi connectivity index (χ3n) is 4.37. The minimum atomic E-state index is -0.568. The van der Waals surface area contributed by atoms with Crippen LogP contribution in [0.2, 0.25) is 0 Å². The van der Waals surface area contributed by atoms with E-state index in [0.29, 0.717) is 5.69 Å². The Bertz CT molecular complexity index is 1270. The molecule has 0 aliphatic carbocycles. The molecule has 2 N–H and O–H groups in total. The highest BCUT2D eigenvalue weighted by Gasteiger charge is 2.13. The molecule has 0 atom stereocenters. The number of thioether (sulfide) groups is 1. The van der Waals surface area contributed by atoms with Crippen LogP contribution in [0.25, 0.3) is 10.2 Å². The summed E-state index contributed by atoms with van der Waals surface area (Å²) in [7, 11) is 0. The summed E-state index contributed by atoms with van der Waals surface area (Å²) in [4.78, 5) is 29.1. The van der Waals surface area contributed by atoms with E-state index in [1.54, 1.807) is 24.3 Å². The predicted molar refractivity (Wildman–Crippen MR) is 125 cm³/mol. The van der Waals surface area contributed by atoms with Crippen LogP contribution in [0.5, 0.6) is 0 Å². The van der Waals surface area contributed by atoms with Crippen molar-refractivity contribution in [2.24, 2.45) is 0 Å². The van der Waals surface area contributed by atoms with E-state index in [-0.39, 0.29) is 17.2 Å². The third-order valence-corrected chi connectivity index (χ3v) is 6.53. The average molecular weight is 452 g/mol. The highest BCUT2D eigenvalue weighted by molar-refractivity contribution is 8.01. The van der Waals surface area contributed by atoms with Crippen LogP contribution in [-0.4, -0.2) is 22.6 Å². The lowest BCUT2D eigenvalue weighted by atomic mass is 10.2. The summed E-state index contributed by atoms with van der Waals surface area (Å²) in [6, 6.07) is 18.8. The van der Waals surface area contributed by atoms with Crippen molar-refractivity contribution in [3.63, 3.8) is 0 Å². The van der Waals surface area contributed by atoms with Gasteiger partial charge in [0.05, 0.1) is 21.5 Å². The number of carbonyl (C=O) groups excluding carboxylic acids is 2. The number of nitrogens with one attached hydrogen (secondary N) is 2. The second kappa shape index (κ2) is 9.28. The first kappa shape index (κ1) is 21.0. The van der Waals surface area contributed by atoms with Crippen molar-refractivity contribution in [2.75, 3.05) is 16.4 Å². The van der Waals surface area contributed by atoms with E-state index in [9.17, 15) is 14.0 Å². The monoisotopic (exact) mass is 451 g/mol. The van der Waals surface area contributed by atoms with Crippen molar-refractivity contribution in [1.82, 2.24) is 4.98 Å². The molecule has 0 saturated heterocycles. The van der Waals surface area contributed by atoms with E-state index < -0.39 is 11.7 Å². The molecule has 2 amide bonds. The van der Waals surface area contributed by atoms with Crippen LogP contribution in [-0.2, 0) is 4.79 Å². The van der Waals surface area contributed by atoms with Crippen LogP contribution in [0.1, 0.15) is 15.9 Å². The minimum absolute atomic E-state index is 0.0113. The predicted octanol–water partition coefficient (Wildman–Crippen LogP) is 5.73. The number of aryl methyl sites for hydroxylation is 1. The molecule has 1 aromatic heterocycles. The van der Waals surface area contributed by atoms with Crippen molar-refractivity contribution in [3.8, 4) is 0 Å². The zero-order valence-electron chi connectivity index (χ0n) is 16.5. The first-order chi connectivity index (χ1) is 15.0. The van der Waals surface area contributed by atoms with Crippen LogP contribution in [0.15, 0.2) is 71.1 Å². The largest absolute Gasteiger partial charge is 0.325 e. The number of anilines is 2. The fraction of sp³-hybridized carbons (Fsp3) is 0.0870. The van der Waals surface area contributed by atoms with Crippen LogP contribution in [0.3, 0.4) is 0 Å². The summed E-state index contributed by atoms with van der Waals surface area (Å²) in [5.41, 5.74) is 3.16. The Labute approximate surface area is 186 Å². The number of thiazole rings is 1. The SMILES string of the molecule is Cc1cccc(NC(=O)CSc2nc3ccc(NC(=O)c4ccccc4F)cc3s2)c1. The van der Waals surface area contributed by atoms with Gasteiger partial charge < -0.3 is 10.6 Å². The van der Waals surface area contributed by atoms with Gasteiger partial charge in [0.2, 0.25) is 5.91 Å². The Morgan fingerprint density at radius 1 is 1.00 bits per heavy atom. The molecule has 0 bridgehead atoms. The first-order valence-corrected chi connectivity index (χ1v) is 11.2. The van der Waals surface area contributed by atoms with Gasteiger partial charge in [0.25, 0.3) is 5.91 Å². The van der Waals surface area contributed by atoms with Gasteiger partial charge in [-0.15, -0.1) is 11.3 Å². The number of fused-ring (bicyclic) bond motifs is 1. The van der Waals surface area contributed by atoms with Crippen molar-refractivity contribution >= 4 is 56.5 Å². The van der Waals surface area contributed by atoms with E-state index in [2.05, 4.69) is 15.6 Å². The smallest absolute Gasteiger partial charge is 0.258 e. The maximum absolute atomic E-state index is 13.8. The summed E-state index contributed by atoms with van der Waals surface area (Å²) < 4.78 is 15.4. The topological polar surface area (TPSA) is 71.1 Å². The van der Waals surface area contributed by atoms with Crippen molar-refractivity contribution in [3.05, 3.63) is 83.7 Å². The molecule has 1 heterocycles. The molecule has 0 saturated carbocycles. The zero-order chi connectivity index (χ0) is 21.8. The summed E-state index contributed by atoms with van der Waals surface area (Å²) in [6.07, 6.45) is 0. The van der Waals surface area contributed by atoms with Crippen LogP contribution < -0.4 is 10.6 Å². The van der Waals surface area contributed by atoms with E-state index in [4.69, 9.17) is 0 Å². The van der Waals surface area contributed by atoms with Gasteiger partial charge in [-0.2, -0.15) is 0 Å². The van der Waals surface area contributed by atoms with Gasteiger partial charge in [0, 0.05) is 11.4 Å². The lowest BCUT2D eigenvalue weighted by Crippen LogP contribution is -2.13. The molecular formula is C23H18FN3O2S2. The Morgan fingerprint density at radius 3 is 2.61 bits per heavy atom. The Balaban J connectivity index is 1.40. The van der Waals surface area contributed by atoms with Gasteiger partial charge in [-0.3, -0.25) is 9.59 Å². The van der Waals surface area contributed by atoms with Crippen LogP contribution >= 0.6 is 23.1 Å². The average Bonchev–Trinajstić information content (AvgIpc) is 3.15. The second-order valence-electron chi connectivity index (χ2n) is 6.80. The molecule has 0 fully saturated rings. The number of carbonyl (C=O) groups is 2.